The summed E-state index contributed by atoms with van der Waals surface area (Å²) in [6, 6.07) is 0. The molecule has 0 rings (SSSR count). The van der Waals surface area contributed by atoms with Crippen molar-refractivity contribution in [2.75, 3.05) is 13.2 Å². The lowest BCUT2D eigenvalue weighted by molar-refractivity contribution is -0.167. The molecule has 0 aliphatic heterocycles. The minimum atomic E-state index is -0.760. The maximum absolute atomic E-state index is 12.8. The number of carbonyl (C=O) groups is 3. The summed E-state index contributed by atoms with van der Waals surface area (Å²) in [6.07, 6.45) is 49.3. The zero-order valence-corrected chi connectivity index (χ0v) is 40.2. The van der Waals surface area contributed by atoms with Crippen molar-refractivity contribution < 1.29 is 28.6 Å². The molecule has 2 atom stereocenters. The Bertz CT molecular complexity index is 889. The third kappa shape index (κ3) is 45.8. The zero-order valence-electron chi connectivity index (χ0n) is 40.2. The van der Waals surface area contributed by atoms with E-state index in [2.05, 4.69) is 27.7 Å². The second-order valence-corrected chi connectivity index (χ2v) is 18.4. The molecule has 0 fully saturated rings. The quantitative estimate of drug-likeness (QED) is 0.0345. The molecule has 0 amide bonds. The van der Waals surface area contributed by atoms with E-state index in [1.807, 2.05) is 0 Å². The Hall–Kier alpha value is -1.59. The molecule has 1 unspecified atom stereocenters. The summed E-state index contributed by atoms with van der Waals surface area (Å²) in [5.74, 6) is 0.0236. The number of unbranched alkanes of at least 4 members (excludes halogenated alkanes) is 34. The minimum absolute atomic E-state index is 0.0627. The Morgan fingerprint density at radius 3 is 0.881 bits per heavy atom. The van der Waals surface area contributed by atoms with Gasteiger partial charge in [0.1, 0.15) is 13.2 Å². The monoisotopic (exact) mass is 835 g/mol. The van der Waals surface area contributed by atoms with Gasteiger partial charge in [-0.25, -0.2) is 0 Å². The van der Waals surface area contributed by atoms with E-state index in [0.29, 0.717) is 19.3 Å². The molecule has 0 saturated carbocycles. The van der Waals surface area contributed by atoms with Gasteiger partial charge in [0.25, 0.3) is 0 Å². The van der Waals surface area contributed by atoms with E-state index >= 15 is 0 Å². The summed E-state index contributed by atoms with van der Waals surface area (Å²) in [5.41, 5.74) is 0. The van der Waals surface area contributed by atoms with E-state index in [9.17, 15) is 14.4 Å². The fourth-order valence-electron chi connectivity index (χ4n) is 8.01. The summed E-state index contributed by atoms with van der Waals surface area (Å²) in [4.78, 5) is 37.9. The summed E-state index contributed by atoms with van der Waals surface area (Å²) >= 11 is 0. The van der Waals surface area contributed by atoms with Gasteiger partial charge in [0.15, 0.2) is 6.10 Å². The van der Waals surface area contributed by atoms with Gasteiger partial charge in [-0.3, -0.25) is 14.4 Å². The van der Waals surface area contributed by atoms with Crippen LogP contribution in [-0.4, -0.2) is 37.2 Å². The molecule has 350 valence electrons. The van der Waals surface area contributed by atoms with Crippen LogP contribution in [0.4, 0.5) is 0 Å². The molecule has 59 heavy (non-hydrogen) atoms. The minimum Gasteiger partial charge on any atom is -0.462 e. The van der Waals surface area contributed by atoms with Gasteiger partial charge in [0, 0.05) is 19.3 Å². The molecule has 0 aromatic heterocycles. The fourth-order valence-corrected chi connectivity index (χ4v) is 8.01. The van der Waals surface area contributed by atoms with E-state index in [1.54, 1.807) is 0 Å². The molecular weight excluding hydrogens is 733 g/mol. The van der Waals surface area contributed by atoms with E-state index in [4.69, 9.17) is 14.2 Å². The van der Waals surface area contributed by atoms with Crippen LogP contribution in [0.2, 0.25) is 0 Å². The summed E-state index contributed by atoms with van der Waals surface area (Å²) in [6.45, 7) is 9.05. The largest absolute Gasteiger partial charge is 0.462 e. The van der Waals surface area contributed by atoms with Crippen LogP contribution in [0.25, 0.3) is 0 Å². The lowest BCUT2D eigenvalue weighted by atomic mass is 9.99. The van der Waals surface area contributed by atoms with E-state index in [1.165, 1.54) is 193 Å². The number of ether oxygens (including phenoxy) is 3. The van der Waals surface area contributed by atoms with Crippen molar-refractivity contribution in [1.82, 2.24) is 0 Å². The van der Waals surface area contributed by atoms with Gasteiger partial charge >= 0.3 is 17.9 Å². The lowest BCUT2D eigenvalue weighted by Gasteiger charge is -2.18. The first-order chi connectivity index (χ1) is 28.9. The van der Waals surface area contributed by atoms with Crippen molar-refractivity contribution >= 4 is 17.9 Å². The van der Waals surface area contributed by atoms with Crippen molar-refractivity contribution in [3.63, 3.8) is 0 Å². The highest BCUT2D eigenvalue weighted by atomic mass is 16.6. The first-order valence-electron chi connectivity index (χ1n) is 26.4. The van der Waals surface area contributed by atoms with Crippen LogP contribution in [0, 0.1) is 5.92 Å². The maximum atomic E-state index is 12.8. The van der Waals surface area contributed by atoms with Crippen molar-refractivity contribution in [2.24, 2.45) is 5.92 Å². The predicted octanol–water partition coefficient (Wildman–Crippen LogP) is 17.1. The third-order valence-corrected chi connectivity index (χ3v) is 12.4. The van der Waals surface area contributed by atoms with Gasteiger partial charge in [0.05, 0.1) is 0 Å². The number of carbonyl (C=O) groups excluding carboxylic acids is 3. The molecule has 0 saturated heterocycles. The van der Waals surface area contributed by atoms with Crippen molar-refractivity contribution in [1.29, 1.82) is 0 Å². The molecule has 0 aliphatic rings. The molecule has 0 spiro atoms. The van der Waals surface area contributed by atoms with Gasteiger partial charge in [0.2, 0.25) is 0 Å². The van der Waals surface area contributed by atoms with E-state index < -0.39 is 6.10 Å². The second-order valence-electron chi connectivity index (χ2n) is 18.4. The number of rotatable bonds is 48. The molecule has 0 heterocycles. The predicted molar refractivity (Wildman–Crippen MR) is 252 cm³/mol. The summed E-state index contributed by atoms with van der Waals surface area (Å²) < 4.78 is 16.8. The second kappa shape index (κ2) is 47.5. The number of esters is 3. The fraction of sp³-hybridized carbons (Fsp3) is 0.943. The van der Waals surface area contributed by atoms with Crippen LogP contribution in [0.15, 0.2) is 0 Å². The summed E-state index contributed by atoms with van der Waals surface area (Å²) in [5, 5.41) is 0. The first-order valence-corrected chi connectivity index (χ1v) is 26.4. The molecule has 0 radical (unpaired) electrons. The Kier molecular flexibility index (Phi) is 46.2. The van der Waals surface area contributed by atoms with Crippen molar-refractivity contribution in [3.05, 3.63) is 0 Å². The highest BCUT2D eigenvalue weighted by molar-refractivity contribution is 5.71. The van der Waals surface area contributed by atoms with Crippen LogP contribution >= 0.6 is 0 Å². The zero-order chi connectivity index (χ0) is 43.1. The number of hydrogen-bond acceptors (Lipinski definition) is 6. The molecular formula is C53H102O6. The average molecular weight is 835 g/mol. The van der Waals surface area contributed by atoms with Crippen LogP contribution in [0.1, 0.15) is 297 Å². The Labute approximate surface area is 368 Å². The Morgan fingerprint density at radius 1 is 0.339 bits per heavy atom. The lowest BCUT2D eigenvalue weighted by Crippen LogP contribution is -2.30. The molecule has 0 bridgehead atoms. The highest BCUT2D eigenvalue weighted by Crippen LogP contribution is 2.18. The molecule has 6 heteroatoms. The van der Waals surface area contributed by atoms with Gasteiger partial charge in [-0.1, -0.05) is 259 Å². The van der Waals surface area contributed by atoms with E-state index in [-0.39, 0.29) is 31.1 Å². The van der Waals surface area contributed by atoms with Crippen LogP contribution in [0.3, 0.4) is 0 Å². The third-order valence-electron chi connectivity index (χ3n) is 12.4. The van der Waals surface area contributed by atoms with Gasteiger partial charge < -0.3 is 14.2 Å². The SMILES string of the molecule is CCCCCCCCCCCCCCCCCCC(=O)OC[C@H](COC(=O)CCCCCCCCCCCCC)OC(=O)CCCCCCCCCCCCC(C)CC. The Balaban J connectivity index is 4.30. The molecule has 0 aromatic rings. The maximum Gasteiger partial charge on any atom is 0.306 e. The topological polar surface area (TPSA) is 78.9 Å². The summed E-state index contributed by atoms with van der Waals surface area (Å²) in [7, 11) is 0. The first kappa shape index (κ1) is 57.4. The normalized spacial score (nSPS) is 12.4. The van der Waals surface area contributed by atoms with Crippen molar-refractivity contribution in [3.8, 4) is 0 Å². The average Bonchev–Trinajstić information content (AvgIpc) is 3.23. The smallest absolute Gasteiger partial charge is 0.306 e. The molecule has 0 N–H and O–H groups in total. The van der Waals surface area contributed by atoms with Gasteiger partial charge in [-0.05, 0) is 25.2 Å². The van der Waals surface area contributed by atoms with E-state index in [0.717, 1.165) is 63.7 Å². The molecule has 0 aliphatic carbocycles. The van der Waals surface area contributed by atoms with Crippen LogP contribution < -0.4 is 0 Å². The standard InChI is InChI=1S/C53H102O6/c1-5-8-10-12-14-16-18-19-20-21-22-24-29-33-37-41-45-52(55)58-48-50(47-57-51(54)44-40-36-32-28-23-17-15-13-11-9-6-2)59-53(56)46-42-38-34-30-26-25-27-31-35-39-43-49(4)7-3/h49-50H,5-48H2,1-4H3/t49?,50-/m0/s1. The molecule has 0 aromatic carbocycles. The highest BCUT2D eigenvalue weighted by Gasteiger charge is 2.19. The van der Waals surface area contributed by atoms with Crippen molar-refractivity contribution in [2.45, 2.75) is 303 Å². The van der Waals surface area contributed by atoms with Crippen LogP contribution in [-0.2, 0) is 28.6 Å². The van der Waals surface area contributed by atoms with Crippen LogP contribution in [0.5, 0.6) is 0 Å². The van der Waals surface area contributed by atoms with Gasteiger partial charge in [-0.2, -0.15) is 0 Å². The Morgan fingerprint density at radius 2 is 0.593 bits per heavy atom. The number of hydrogen-bond donors (Lipinski definition) is 0. The van der Waals surface area contributed by atoms with Gasteiger partial charge in [-0.15, -0.1) is 0 Å². The molecule has 6 nitrogen and oxygen atoms in total.